The lowest BCUT2D eigenvalue weighted by molar-refractivity contribution is 0.0526. The Morgan fingerprint density at radius 1 is 1.07 bits per heavy atom. The lowest BCUT2D eigenvalue weighted by Gasteiger charge is -2.47. The maximum atomic E-state index is 4.46. The zero-order chi connectivity index (χ0) is 18.6. The second-order valence-electron chi connectivity index (χ2n) is 8.19. The van der Waals surface area contributed by atoms with Crippen molar-refractivity contribution < 1.29 is 0 Å². The molecule has 2 unspecified atom stereocenters. The van der Waals surface area contributed by atoms with Crippen LogP contribution in [0.15, 0.2) is 41.4 Å². The van der Waals surface area contributed by atoms with Gasteiger partial charge in [-0.1, -0.05) is 30.7 Å². The maximum absolute atomic E-state index is 4.46. The van der Waals surface area contributed by atoms with Crippen LogP contribution in [-0.4, -0.2) is 56.2 Å². The predicted molar refractivity (Wildman–Crippen MR) is 113 cm³/mol. The number of benzene rings is 1. The fraction of sp³-hybridized carbons (Fsp3) is 0.591. The molecule has 5 nitrogen and oxygen atoms in total. The van der Waals surface area contributed by atoms with Gasteiger partial charge in [-0.15, -0.1) is 0 Å². The predicted octanol–water partition coefficient (Wildman–Crippen LogP) is 2.74. The fourth-order valence-corrected chi connectivity index (χ4v) is 4.82. The van der Waals surface area contributed by atoms with Crippen LogP contribution in [0.2, 0.25) is 0 Å². The van der Waals surface area contributed by atoms with Gasteiger partial charge in [-0.3, -0.25) is 4.99 Å². The Kier molecular flexibility index (Phi) is 5.67. The number of fused-ring (bicyclic) bond motifs is 2. The zero-order valence-corrected chi connectivity index (χ0v) is 16.7. The largest absolute Gasteiger partial charge is 0.364 e. The molecule has 0 radical (unpaired) electrons. The van der Waals surface area contributed by atoms with Crippen LogP contribution in [0, 0.1) is 0 Å². The number of piperidine rings is 2. The zero-order valence-electron chi connectivity index (χ0n) is 16.7. The summed E-state index contributed by atoms with van der Waals surface area (Å²) in [6.07, 6.45) is 11.0. The van der Waals surface area contributed by atoms with Crippen LogP contribution >= 0.6 is 0 Å². The van der Waals surface area contributed by atoms with Crippen molar-refractivity contribution in [1.82, 2.24) is 15.5 Å². The fourth-order valence-electron chi connectivity index (χ4n) is 4.82. The van der Waals surface area contributed by atoms with Crippen molar-refractivity contribution in [1.29, 1.82) is 0 Å². The monoisotopic (exact) mass is 367 g/mol. The summed E-state index contributed by atoms with van der Waals surface area (Å²) in [6.45, 7) is 2.84. The van der Waals surface area contributed by atoms with Gasteiger partial charge >= 0.3 is 0 Å². The quantitative estimate of drug-likeness (QED) is 0.488. The van der Waals surface area contributed by atoms with E-state index >= 15 is 0 Å². The van der Waals surface area contributed by atoms with Gasteiger partial charge in [0.2, 0.25) is 0 Å². The molecule has 0 amide bonds. The second kappa shape index (κ2) is 8.34. The van der Waals surface area contributed by atoms with Crippen molar-refractivity contribution in [3.63, 3.8) is 0 Å². The third kappa shape index (κ3) is 4.29. The third-order valence-corrected chi connectivity index (χ3v) is 6.48. The summed E-state index contributed by atoms with van der Waals surface area (Å²) in [5.41, 5.74) is 2.58. The number of hydrogen-bond acceptors (Lipinski definition) is 3. The molecule has 27 heavy (non-hydrogen) atoms. The summed E-state index contributed by atoms with van der Waals surface area (Å²) in [6, 6.07) is 10.9. The molecular weight excluding hydrogens is 334 g/mol. The topological polar surface area (TPSA) is 42.9 Å². The Balaban J connectivity index is 1.28. The van der Waals surface area contributed by atoms with Gasteiger partial charge < -0.3 is 20.4 Å². The van der Waals surface area contributed by atoms with E-state index in [9.17, 15) is 0 Å². The number of guanidine groups is 1. The molecule has 2 N–H and O–H groups in total. The normalized spacial score (nSPS) is 28.4. The van der Waals surface area contributed by atoms with Crippen molar-refractivity contribution in [3.05, 3.63) is 42.0 Å². The highest BCUT2D eigenvalue weighted by atomic mass is 15.2. The molecule has 2 saturated heterocycles. The van der Waals surface area contributed by atoms with Gasteiger partial charge in [0.05, 0.1) is 0 Å². The SMILES string of the molecule is CN=C(NCc1ccc(N2CC=CC2)cc1)NC1CC2CCCC(C1)N2C. The lowest BCUT2D eigenvalue weighted by Crippen LogP contribution is -2.56. The first-order chi connectivity index (χ1) is 13.2. The summed E-state index contributed by atoms with van der Waals surface area (Å²) in [4.78, 5) is 9.43. The minimum Gasteiger partial charge on any atom is -0.364 e. The molecule has 4 rings (SSSR count). The minimum atomic E-state index is 0.535. The lowest BCUT2D eigenvalue weighted by atomic mass is 9.82. The molecule has 3 aliphatic heterocycles. The molecule has 3 heterocycles. The highest BCUT2D eigenvalue weighted by Crippen LogP contribution is 2.32. The summed E-state index contributed by atoms with van der Waals surface area (Å²) in [7, 11) is 4.17. The highest BCUT2D eigenvalue weighted by Gasteiger charge is 2.36. The van der Waals surface area contributed by atoms with Gasteiger partial charge in [0.25, 0.3) is 0 Å². The van der Waals surface area contributed by atoms with Gasteiger partial charge in [0.1, 0.15) is 0 Å². The molecule has 0 aliphatic carbocycles. The molecule has 2 atom stereocenters. The molecular formula is C22H33N5. The van der Waals surface area contributed by atoms with Crippen molar-refractivity contribution in [2.45, 2.75) is 56.8 Å². The van der Waals surface area contributed by atoms with E-state index in [4.69, 9.17) is 0 Å². The number of aliphatic imine (C=N–C) groups is 1. The molecule has 0 aromatic heterocycles. The summed E-state index contributed by atoms with van der Waals surface area (Å²) >= 11 is 0. The van der Waals surface area contributed by atoms with Gasteiger partial charge in [0.15, 0.2) is 5.96 Å². The van der Waals surface area contributed by atoms with E-state index in [0.717, 1.165) is 37.7 Å². The van der Waals surface area contributed by atoms with Crippen LogP contribution in [0.3, 0.4) is 0 Å². The number of hydrogen-bond donors (Lipinski definition) is 2. The van der Waals surface area contributed by atoms with Gasteiger partial charge in [0, 0.05) is 50.5 Å². The number of rotatable bonds is 4. The smallest absolute Gasteiger partial charge is 0.191 e. The van der Waals surface area contributed by atoms with Crippen LogP contribution in [0.25, 0.3) is 0 Å². The van der Waals surface area contributed by atoms with Crippen LogP contribution in [0.5, 0.6) is 0 Å². The van der Waals surface area contributed by atoms with Crippen molar-refractivity contribution in [2.24, 2.45) is 4.99 Å². The van der Waals surface area contributed by atoms with E-state index < -0.39 is 0 Å². The highest BCUT2D eigenvalue weighted by molar-refractivity contribution is 5.80. The van der Waals surface area contributed by atoms with Gasteiger partial charge in [-0.05, 0) is 50.4 Å². The van der Waals surface area contributed by atoms with Gasteiger partial charge in [-0.25, -0.2) is 0 Å². The van der Waals surface area contributed by atoms with Crippen LogP contribution < -0.4 is 15.5 Å². The molecule has 5 heteroatoms. The first-order valence-electron chi connectivity index (χ1n) is 10.4. The van der Waals surface area contributed by atoms with E-state index in [1.54, 1.807) is 0 Å². The summed E-state index contributed by atoms with van der Waals surface area (Å²) < 4.78 is 0. The summed E-state index contributed by atoms with van der Waals surface area (Å²) in [5, 5.41) is 7.18. The average molecular weight is 368 g/mol. The average Bonchev–Trinajstić information content (AvgIpc) is 3.21. The maximum Gasteiger partial charge on any atom is 0.191 e. The minimum absolute atomic E-state index is 0.535. The standard InChI is InChI=1S/C22H33N5/c1-23-22(25-18-14-20-6-5-7-21(15-18)26(20)2)24-16-17-8-10-19(11-9-17)27-12-3-4-13-27/h3-4,8-11,18,20-21H,5-7,12-16H2,1-2H3,(H2,23,24,25). The molecule has 146 valence electrons. The third-order valence-electron chi connectivity index (χ3n) is 6.48. The number of nitrogens with zero attached hydrogens (tertiary/aromatic N) is 3. The Morgan fingerprint density at radius 2 is 1.74 bits per heavy atom. The summed E-state index contributed by atoms with van der Waals surface area (Å²) in [5.74, 6) is 0.926. The molecule has 2 fully saturated rings. The molecule has 0 saturated carbocycles. The Morgan fingerprint density at radius 3 is 2.37 bits per heavy atom. The van der Waals surface area contributed by atoms with Crippen molar-refractivity contribution in [3.8, 4) is 0 Å². The van der Waals surface area contributed by atoms with E-state index in [1.165, 1.54) is 43.4 Å². The Hall–Kier alpha value is -2.01. The van der Waals surface area contributed by atoms with Crippen LogP contribution in [0.1, 0.15) is 37.7 Å². The van der Waals surface area contributed by atoms with E-state index in [0.29, 0.717) is 6.04 Å². The first-order valence-corrected chi connectivity index (χ1v) is 10.4. The second-order valence-corrected chi connectivity index (χ2v) is 8.19. The van der Waals surface area contributed by atoms with Crippen LogP contribution in [-0.2, 0) is 6.54 Å². The molecule has 3 aliphatic rings. The molecule has 1 aromatic rings. The number of nitrogens with one attached hydrogen (secondary N) is 2. The first kappa shape index (κ1) is 18.4. The Bertz CT molecular complexity index is 658. The van der Waals surface area contributed by atoms with E-state index in [2.05, 4.69) is 68.9 Å². The van der Waals surface area contributed by atoms with Gasteiger partial charge in [-0.2, -0.15) is 0 Å². The van der Waals surface area contributed by atoms with E-state index in [1.807, 2.05) is 7.05 Å². The van der Waals surface area contributed by atoms with Crippen molar-refractivity contribution in [2.75, 3.05) is 32.1 Å². The van der Waals surface area contributed by atoms with Crippen LogP contribution in [0.4, 0.5) is 5.69 Å². The Labute approximate surface area is 163 Å². The molecule has 1 aromatic carbocycles. The molecule has 0 spiro atoms. The number of anilines is 1. The van der Waals surface area contributed by atoms with E-state index in [-0.39, 0.29) is 0 Å². The molecule has 2 bridgehead atoms. The van der Waals surface area contributed by atoms with Crippen molar-refractivity contribution >= 4 is 11.6 Å².